The van der Waals surface area contributed by atoms with Gasteiger partial charge in [-0.3, -0.25) is 0 Å². The number of thiocarbonyl (C=S) groups is 1. The van der Waals surface area contributed by atoms with Gasteiger partial charge in [-0.15, -0.1) is 0 Å². The van der Waals surface area contributed by atoms with Crippen molar-refractivity contribution in [3.05, 3.63) is 34.3 Å². The second-order valence-electron chi connectivity index (χ2n) is 4.79. The lowest BCUT2D eigenvalue weighted by Gasteiger charge is -2.24. The summed E-state index contributed by atoms with van der Waals surface area (Å²) < 4.78 is 1.10. The largest absolute Gasteiger partial charge is 0.360 e. The Bertz CT molecular complexity index is 403. The molecule has 4 heteroatoms. The SMILES string of the molecule is S=C(NCc1cccc(Br)c1)NC1CCCCC1. The van der Waals surface area contributed by atoms with Crippen LogP contribution in [-0.4, -0.2) is 11.2 Å². The van der Waals surface area contributed by atoms with Crippen LogP contribution in [0.4, 0.5) is 0 Å². The van der Waals surface area contributed by atoms with E-state index >= 15 is 0 Å². The molecular formula is C14H19BrN2S. The highest BCUT2D eigenvalue weighted by atomic mass is 79.9. The standard InChI is InChI=1S/C14H19BrN2S/c15-12-6-4-5-11(9-12)10-16-14(18)17-13-7-2-1-3-8-13/h4-6,9,13H,1-3,7-8,10H2,(H2,16,17,18). The summed E-state index contributed by atoms with van der Waals surface area (Å²) in [6.07, 6.45) is 6.52. The highest BCUT2D eigenvalue weighted by Gasteiger charge is 2.13. The number of hydrogen-bond acceptors (Lipinski definition) is 1. The van der Waals surface area contributed by atoms with Crippen LogP contribution < -0.4 is 10.6 Å². The summed E-state index contributed by atoms with van der Waals surface area (Å²) in [6, 6.07) is 8.85. The molecule has 98 valence electrons. The van der Waals surface area contributed by atoms with Gasteiger partial charge in [-0.1, -0.05) is 47.3 Å². The third-order valence-corrected chi connectivity index (χ3v) is 4.04. The van der Waals surface area contributed by atoms with E-state index in [9.17, 15) is 0 Å². The van der Waals surface area contributed by atoms with E-state index < -0.39 is 0 Å². The molecule has 18 heavy (non-hydrogen) atoms. The molecule has 2 N–H and O–H groups in total. The molecule has 1 aliphatic carbocycles. The van der Waals surface area contributed by atoms with Gasteiger partial charge in [0, 0.05) is 17.1 Å². The molecule has 0 heterocycles. The first kappa shape index (κ1) is 13.8. The molecule has 0 aromatic heterocycles. The molecule has 1 aromatic carbocycles. The third-order valence-electron chi connectivity index (χ3n) is 3.28. The second kappa shape index (κ2) is 7.10. The maximum absolute atomic E-state index is 5.33. The molecule has 1 aromatic rings. The topological polar surface area (TPSA) is 24.1 Å². The molecular weight excluding hydrogens is 308 g/mol. The van der Waals surface area contributed by atoms with E-state index in [1.807, 2.05) is 12.1 Å². The fourth-order valence-corrected chi connectivity index (χ4v) is 3.00. The van der Waals surface area contributed by atoms with Gasteiger partial charge in [-0.05, 0) is 42.8 Å². The smallest absolute Gasteiger partial charge is 0.166 e. The molecule has 0 bridgehead atoms. The van der Waals surface area contributed by atoms with Crippen LogP contribution in [0.3, 0.4) is 0 Å². The summed E-state index contributed by atoms with van der Waals surface area (Å²) in [6.45, 7) is 0.776. The van der Waals surface area contributed by atoms with Crippen LogP contribution in [0.5, 0.6) is 0 Å². The minimum absolute atomic E-state index is 0.571. The van der Waals surface area contributed by atoms with E-state index in [4.69, 9.17) is 12.2 Å². The summed E-state index contributed by atoms with van der Waals surface area (Å²) >= 11 is 8.81. The van der Waals surface area contributed by atoms with E-state index in [1.54, 1.807) is 0 Å². The summed E-state index contributed by atoms with van der Waals surface area (Å²) in [4.78, 5) is 0. The first-order chi connectivity index (χ1) is 8.74. The van der Waals surface area contributed by atoms with Crippen LogP contribution in [0.15, 0.2) is 28.7 Å². The number of halogens is 1. The zero-order valence-corrected chi connectivity index (χ0v) is 12.8. The normalized spacial score (nSPS) is 16.3. The zero-order chi connectivity index (χ0) is 12.8. The van der Waals surface area contributed by atoms with Crippen molar-refractivity contribution in [2.24, 2.45) is 0 Å². The zero-order valence-electron chi connectivity index (χ0n) is 10.4. The van der Waals surface area contributed by atoms with Gasteiger partial charge in [0.25, 0.3) is 0 Å². The molecule has 2 rings (SSSR count). The molecule has 1 fully saturated rings. The van der Waals surface area contributed by atoms with E-state index in [2.05, 4.69) is 38.7 Å². The predicted molar refractivity (Wildman–Crippen MR) is 83.6 cm³/mol. The fraction of sp³-hybridized carbons (Fsp3) is 0.500. The van der Waals surface area contributed by atoms with E-state index in [1.165, 1.54) is 37.7 Å². The fourth-order valence-electron chi connectivity index (χ4n) is 2.31. The Morgan fingerprint density at radius 2 is 2.06 bits per heavy atom. The first-order valence-electron chi connectivity index (χ1n) is 6.53. The number of rotatable bonds is 3. The highest BCUT2D eigenvalue weighted by molar-refractivity contribution is 9.10. The van der Waals surface area contributed by atoms with E-state index in [-0.39, 0.29) is 0 Å². The van der Waals surface area contributed by atoms with Crippen LogP contribution in [0.1, 0.15) is 37.7 Å². The van der Waals surface area contributed by atoms with Gasteiger partial charge < -0.3 is 10.6 Å². The van der Waals surface area contributed by atoms with Crippen molar-refractivity contribution in [1.82, 2.24) is 10.6 Å². The minimum atomic E-state index is 0.571. The number of benzene rings is 1. The average molecular weight is 327 g/mol. The van der Waals surface area contributed by atoms with Crippen molar-refractivity contribution in [3.63, 3.8) is 0 Å². The third kappa shape index (κ3) is 4.58. The van der Waals surface area contributed by atoms with Crippen molar-refractivity contribution in [2.75, 3.05) is 0 Å². The molecule has 0 saturated heterocycles. The van der Waals surface area contributed by atoms with E-state index in [0.29, 0.717) is 6.04 Å². The summed E-state index contributed by atoms with van der Waals surface area (Å²) in [7, 11) is 0. The van der Waals surface area contributed by atoms with Gasteiger partial charge in [-0.25, -0.2) is 0 Å². The molecule has 0 aliphatic heterocycles. The van der Waals surface area contributed by atoms with Gasteiger partial charge in [0.1, 0.15) is 0 Å². The van der Waals surface area contributed by atoms with Gasteiger partial charge in [0.2, 0.25) is 0 Å². The van der Waals surface area contributed by atoms with Crippen molar-refractivity contribution in [2.45, 2.75) is 44.7 Å². The molecule has 0 radical (unpaired) electrons. The minimum Gasteiger partial charge on any atom is -0.360 e. The maximum atomic E-state index is 5.33. The summed E-state index contributed by atoms with van der Waals surface area (Å²) in [5, 5.41) is 7.46. The first-order valence-corrected chi connectivity index (χ1v) is 7.73. The summed E-state index contributed by atoms with van der Waals surface area (Å²) in [5.41, 5.74) is 1.23. The Hall–Kier alpha value is -0.610. The van der Waals surface area contributed by atoms with Crippen molar-refractivity contribution >= 4 is 33.3 Å². The highest BCUT2D eigenvalue weighted by Crippen LogP contribution is 2.17. The second-order valence-corrected chi connectivity index (χ2v) is 6.12. The summed E-state index contributed by atoms with van der Waals surface area (Å²) in [5.74, 6) is 0. The Labute approximate surface area is 123 Å². The molecule has 2 nitrogen and oxygen atoms in total. The Balaban J connectivity index is 1.74. The molecule has 0 atom stereocenters. The lowest BCUT2D eigenvalue weighted by molar-refractivity contribution is 0.412. The van der Waals surface area contributed by atoms with Crippen LogP contribution in [-0.2, 0) is 6.54 Å². The monoisotopic (exact) mass is 326 g/mol. The Morgan fingerprint density at radius 3 is 2.78 bits per heavy atom. The Kier molecular flexibility index (Phi) is 5.45. The predicted octanol–water partition coefficient (Wildman–Crippen LogP) is 3.75. The molecule has 1 aliphatic rings. The lowest BCUT2D eigenvalue weighted by Crippen LogP contribution is -2.42. The Morgan fingerprint density at radius 1 is 1.28 bits per heavy atom. The maximum Gasteiger partial charge on any atom is 0.166 e. The van der Waals surface area contributed by atoms with Crippen molar-refractivity contribution in [3.8, 4) is 0 Å². The molecule has 0 amide bonds. The average Bonchev–Trinajstić information content (AvgIpc) is 2.38. The van der Waals surface area contributed by atoms with Gasteiger partial charge in [-0.2, -0.15) is 0 Å². The van der Waals surface area contributed by atoms with Crippen LogP contribution in [0.2, 0.25) is 0 Å². The molecule has 1 saturated carbocycles. The quantitative estimate of drug-likeness (QED) is 0.827. The molecule has 0 unspecified atom stereocenters. The van der Waals surface area contributed by atoms with Crippen LogP contribution >= 0.6 is 28.1 Å². The van der Waals surface area contributed by atoms with Gasteiger partial charge in [0.15, 0.2) is 5.11 Å². The van der Waals surface area contributed by atoms with E-state index in [0.717, 1.165) is 16.1 Å². The lowest BCUT2D eigenvalue weighted by atomic mass is 9.96. The van der Waals surface area contributed by atoms with Gasteiger partial charge >= 0.3 is 0 Å². The van der Waals surface area contributed by atoms with Crippen molar-refractivity contribution < 1.29 is 0 Å². The van der Waals surface area contributed by atoms with Crippen LogP contribution in [0.25, 0.3) is 0 Å². The van der Waals surface area contributed by atoms with Crippen LogP contribution in [0, 0.1) is 0 Å². The van der Waals surface area contributed by atoms with Crippen molar-refractivity contribution in [1.29, 1.82) is 0 Å². The van der Waals surface area contributed by atoms with Gasteiger partial charge in [0.05, 0.1) is 0 Å². The number of nitrogens with one attached hydrogen (secondary N) is 2. The number of hydrogen-bond donors (Lipinski definition) is 2. The molecule has 0 spiro atoms.